The van der Waals surface area contributed by atoms with Gasteiger partial charge in [-0.15, -0.1) is 0 Å². The van der Waals surface area contributed by atoms with E-state index in [1.54, 1.807) is 0 Å². The summed E-state index contributed by atoms with van der Waals surface area (Å²) in [5, 5.41) is 0.806. The summed E-state index contributed by atoms with van der Waals surface area (Å²) in [6, 6.07) is 38.8. The van der Waals surface area contributed by atoms with Crippen molar-refractivity contribution in [1.82, 2.24) is 0 Å². The van der Waals surface area contributed by atoms with E-state index in [1.807, 2.05) is 18.2 Å². The Balaban J connectivity index is 1.49. The summed E-state index contributed by atoms with van der Waals surface area (Å²) < 4.78 is 0. The van der Waals surface area contributed by atoms with Crippen molar-refractivity contribution in [2.75, 3.05) is 4.90 Å². The summed E-state index contributed by atoms with van der Waals surface area (Å²) in [7, 11) is 0. The van der Waals surface area contributed by atoms with Gasteiger partial charge in [-0.1, -0.05) is 109 Å². The molecular formula is C30H24ClN. The third-order valence-corrected chi connectivity index (χ3v) is 6.15. The second kappa shape index (κ2) is 9.30. The van der Waals surface area contributed by atoms with Crippen LogP contribution in [-0.4, -0.2) is 6.04 Å². The maximum absolute atomic E-state index is 6.21. The normalized spacial score (nSPS) is 15.3. The van der Waals surface area contributed by atoms with Gasteiger partial charge >= 0.3 is 0 Å². The van der Waals surface area contributed by atoms with E-state index in [4.69, 9.17) is 11.6 Å². The summed E-state index contributed by atoms with van der Waals surface area (Å²) in [4.78, 5) is 2.39. The highest BCUT2D eigenvalue weighted by molar-refractivity contribution is 6.31. The van der Waals surface area contributed by atoms with Crippen molar-refractivity contribution >= 4 is 23.0 Å². The van der Waals surface area contributed by atoms with E-state index in [2.05, 4.69) is 114 Å². The molecule has 0 aliphatic heterocycles. The van der Waals surface area contributed by atoms with Gasteiger partial charge in [0.2, 0.25) is 0 Å². The molecule has 1 atom stereocenters. The van der Waals surface area contributed by atoms with Crippen molar-refractivity contribution in [2.45, 2.75) is 12.5 Å². The Morgan fingerprint density at radius 3 is 1.41 bits per heavy atom. The van der Waals surface area contributed by atoms with Crippen LogP contribution in [0.25, 0.3) is 22.3 Å². The van der Waals surface area contributed by atoms with Gasteiger partial charge in [0.15, 0.2) is 0 Å². The average molecular weight is 434 g/mol. The van der Waals surface area contributed by atoms with Crippen LogP contribution in [0.1, 0.15) is 6.42 Å². The molecule has 4 aromatic rings. The van der Waals surface area contributed by atoms with Crippen molar-refractivity contribution < 1.29 is 0 Å². The van der Waals surface area contributed by atoms with Crippen LogP contribution in [0.4, 0.5) is 11.4 Å². The molecule has 1 unspecified atom stereocenters. The number of hydrogen-bond donors (Lipinski definition) is 0. The zero-order chi connectivity index (χ0) is 21.8. The second-order valence-corrected chi connectivity index (χ2v) is 8.38. The molecule has 156 valence electrons. The smallest absolute Gasteiger partial charge is 0.0560 e. The van der Waals surface area contributed by atoms with E-state index in [0.29, 0.717) is 0 Å². The Bertz CT molecular complexity index is 1140. The minimum Gasteiger partial charge on any atom is -0.334 e. The molecule has 1 nitrogen and oxygen atoms in total. The Morgan fingerprint density at radius 2 is 1.00 bits per heavy atom. The molecule has 0 fully saturated rings. The Labute approximate surface area is 194 Å². The summed E-state index contributed by atoms with van der Waals surface area (Å²) in [6.45, 7) is 0. The minimum atomic E-state index is 0.211. The first-order valence-electron chi connectivity index (χ1n) is 10.9. The summed E-state index contributed by atoms with van der Waals surface area (Å²) >= 11 is 6.21. The van der Waals surface area contributed by atoms with Gasteiger partial charge in [0, 0.05) is 16.4 Å². The van der Waals surface area contributed by atoms with Gasteiger partial charge in [-0.2, -0.15) is 0 Å². The molecule has 0 spiro atoms. The molecule has 0 N–H and O–H groups in total. The highest BCUT2D eigenvalue weighted by Gasteiger charge is 2.20. The molecule has 0 saturated heterocycles. The fraction of sp³-hybridized carbons (Fsp3) is 0.0667. The lowest BCUT2D eigenvalue weighted by atomic mass is 10.0. The van der Waals surface area contributed by atoms with Crippen molar-refractivity contribution in [3.8, 4) is 22.3 Å². The van der Waals surface area contributed by atoms with Gasteiger partial charge in [0.1, 0.15) is 0 Å². The van der Waals surface area contributed by atoms with Crippen molar-refractivity contribution in [2.24, 2.45) is 0 Å². The first-order valence-corrected chi connectivity index (χ1v) is 11.3. The molecular weight excluding hydrogens is 410 g/mol. The van der Waals surface area contributed by atoms with Crippen LogP contribution in [-0.2, 0) is 0 Å². The van der Waals surface area contributed by atoms with Crippen LogP contribution in [0.2, 0.25) is 0 Å². The van der Waals surface area contributed by atoms with E-state index in [1.165, 1.54) is 33.6 Å². The van der Waals surface area contributed by atoms with Crippen LogP contribution in [0, 0.1) is 0 Å². The third kappa shape index (κ3) is 4.39. The maximum Gasteiger partial charge on any atom is 0.0560 e. The number of nitrogens with zero attached hydrogens (tertiary/aromatic N) is 1. The molecule has 1 aliphatic carbocycles. The van der Waals surface area contributed by atoms with E-state index in [0.717, 1.165) is 11.5 Å². The van der Waals surface area contributed by atoms with Gasteiger partial charge < -0.3 is 4.90 Å². The molecule has 0 heterocycles. The summed E-state index contributed by atoms with van der Waals surface area (Å²) in [5.74, 6) is 0. The predicted octanol–water partition coefficient (Wildman–Crippen LogP) is 8.61. The lowest BCUT2D eigenvalue weighted by Gasteiger charge is -2.33. The number of anilines is 2. The maximum atomic E-state index is 6.21. The van der Waals surface area contributed by atoms with E-state index in [-0.39, 0.29) is 6.04 Å². The standard InChI is InChI=1S/C30H24ClN/c31-27-15-21-30(22-16-27)32(28-17-11-25(12-18-28)23-7-3-1-4-8-23)29-19-13-26(14-20-29)24-9-5-2-6-10-24/h1-21,30H,22H2. The van der Waals surface area contributed by atoms with Gasteiger partial charge in [-0.25, -0.2) is 0 Å². The van der Waals surface area contributed by atoms with Gasteiger partial charge in [-0.3, -0.25) is 0 Å². The first kappa shape index (κ1) is 20.4. The Morgan fingerprint density at radius 1 is 0.562 bits per heavy atom. The predicted molar refractivity (Wildman–Crippen MR) is 137 cm³/mol. The average Bonchev–Trinajstić information content (AvgIpc) is 2.87. The lowest BCUT2D eigenvalue weighted by Crippen LogP contribution is -2.30. The van der Waals surface area contributed by atoms with Crippen molar-refractivity contribution in [3.63, 3.8) is 0 Å². The zero-order valence-corrected chi connectivity index (χ0v) is 18.5. The monoisotopic (exact) mass is 433 g/mol. The van der Waals surface area contributed by atoms with Crippen LogP contribution < -0.4 is 4.90 Å². The molecule has 4 aromatic carbocycles. The van der Waals surface area contributed by atoms with E-state index >= 15 is 0 Å². The number of rotatable bonds is 5. The van der Waals surface area contributed by atoms with Gasteiger partial charge in [0.25, 0.3) is 0 Å². The topological polar surface area (TPSA) is 3.24 Å². The molecule has 32 heavy (non-hydrogen) atoms. The fourth-order valence-electron chi connectivity index (χ4n) is 4.20. The number of allylic oxidation sites excluding steroid dienone is 2. The highest BCUT2D eigenvalue weighted by atomic mass is 35.5. The molecule has 0 aromatic heterocycles. The van der Waals surface area contributed by atoms with Crippen LogP contribution in [0.3, 0.4) is 0 Å². The SMILES string of the molecule is ClC1=CCC(N(c2ccc(-c3ccccc3)cc2)c2ccc(-c3ccccc3)cc2)C=C1. The van der Waals surface area contributed by atoms with Crippen molar-refractivity contribution in [3.05, 3.63) is 132 Å². The number of benzene rings is 4. The quantitative estimate of drug-likeness (QED) is 0.304. The van der Waals surface area contributed by atoms with E-state index < -0.39 is 0 Å². The van der Waals surface area contributed by atoms with E-state index in [9.17, 15) is 0 Å². The molecule has 0 saturated carbocycles. The highest BCUT2D eigenvalue weighted by Crippen LogP contribution is 2.34. The Kier molecular flexibility index (Phi) is 5.91. The fourth-order valence-corrected chi connectivity index (χ4v) is 4.36. The molecule has 1 aliphatic rings. The summed E-state index contributed by atoms with van der Waals surface area (Å²) in [6.07, 6.45) is 7.16. The minimum absolute atomic E-state index is 0.211. The largest absolute Gasteiger partial charge is 0.334 e. The van der Waals surface area contributed by atoms with Gasteiger partial charge in [-0.05, 0) is 59.0 Å². The lowest BCUT2D eigenvalue weighted by molar-refractivity contribution is 0.783. The molecule has 2 heteroatoms. The zero-order valence-electron chi connectivity index (χ0n) is 17.7. The second-order valence-electron chi connectivity index (χ2n) is 7.95. The molecule has 0 radical (unpaired) electrons. The number of halogens is 1. The van der Waals surface area contributed by atoms with Crippen LogP contribution in [0.15, 0.2) is 132 Å². The third-order valence-electron chi connectivity index (χ3n) is 5.87. The molecule has 5 rings (SSSR count). The van der Waals surface area contributed by atoms with Gasteiger partial charge in [0.05, 0.1) is 6.04 Å². The molecule has 0 amide bonds. The Hall–Kier alpha value is -3.55. The van der Waals surface area contributed by atoms with Crippen LogP contribution in [0.5, 0.6) is 0 Å². The van der Waals surface area contributed by atoms with Crippen molar-refractivity contribution in [1.29, 1.82) is 0 Å². The molecule has 0 bridgehead atoms. The summed E-state index contributed by atoms with van der Waals surface area (Å²) in [5.41, 5.74) is 7.22. The van der Waals surface area contributed by atoms with Crippen LogP contribution >= 0.6 is 11.6 Å². The first-order chi connectivity index (χ1) is 15.8. The number of hydrogen-bond acceptors (Lipinski definition) is 1.